The van der Waals surface area contributed by atoms with Gasteiger partial charge in [0.1, 0.15) is 0 Å². The fourth-order valence-corrected chi connectivity index (χ4v) is 5.37. The van der Waals surface area contributed by atoms with Crippen LogP contribution in [0.5, 0.6) is 0 Å². The third kappa shape index (κ3) is 5.02. The van der Waals surface area contributed by atoms with Crippen LogP contribution in [0, 0.1) is 0 Å². The number of halogens is 1. The van der Waals surface area contributed by atoms with Gasteiger partial charge in [0, 0.05) is 37.2 Å². The van der Waals surface area contributed by atoms with E-state index in [9.17, 15) is 13.2 Å². The summed E-state index contributed by atoms with van der Waals surface area (Å²) in [5.41, 5.74) is 0. The maximum atomic E-state index is 12.8. The Balaban J connectivity index is 1.54. The molecule has 2 fully saturated rings. The molecule has 0 unspecified atom stereocenters. The average Bonchev–Trinajstić information content (AvgIpc) is 2.68. The molecule has 1 N–H and O–H groups in total. The van der Waals surface area contributed by atoms with Gasteiger partial charge in [0.15, 0.2) is 0 Å². The molecule has 1 saturated carbocycles. The molecule has 0 bridgehead atoms. The van der Waals surface area contributed by atoms with E-state index in [2.05, 4.69) is 10.2 Å². The number of rotatable bonds is 5. The lowest BCUT2D eigenvalue weighted by molar-refractivity contribution is -0.127. The van der Waals surface area contributed by atoms with E-state index < -0.39 is 10.0 Å². The van der Waals surface area contributed by atoms with E-state index in [0.717, 1.165) is 12.8 Å². The zero-order chi connectivity index (χ0) is 19.4. The highest BCUT2D eigenvalue weighted by atomic mass is 35.5. The van der Waals surface area contributed by atoms with Gasteiger partial charge in [-0.2, -0.15) is 4.31 Å². The van der Waals surface area contributed by atoms with Crippen LogP contribution in [-0.2, 0) is 14.8 Å². The van der Waals surface area contributed by atoms with Crippen LogP contribution in [0.25, 0.3) is 0 Å². The summed E-state index contributed by atoms with van der Waals surface area (Å²) < 4.78 is 27.0. The fourth-order valence-electron chi connectivity index (χ4n) is 3.82. The Morgan fingerprint density at radius 1 is 1.07 bits per heavy atom. The average molecular weight is 414 g/mol. The van der Waals surface area contributed by atoms with Crippen molar-refractivity contribution in [3.05, 3.63) is 29.3 Å². The number of benzene rings is 1. The number of amides is 1. The topological polar surface area (TPSA) is 69.7 Å². The Morgan fingerprint density at radius 2 is 1.67 bits per heavy atom. The van der Waals surface area contributed by atoms with Gasteiger partial charge in [-0.3, -0.25) is 9.69 Å². The van der Waals surface area contributed by atoms with Gasteiger partial charge >= 0.3 is 0 Å². The number of carbonyl (C=O) groups is 1. The molecule has 0 radical (unpaired) electrons. The molecule has 1 aliphatic carbocycles. The first-order valence-electron chi connectivity index (χ1n) is 9.68. The molecule has 0 aromatic heterocycles. The summed E-state index contributed by atoms with van der Waals surface area (Å²) >= 11 is 5.85. The molecular formula is C19H28ClN3O3S. The second kappa shape index (κ2) is 8.90. The Labute approximate surface area is 166 Å². The van der Waals surface area contributed by atoms with Crippen LogP contribution >= 0.6 is 11.6 Å². The summed E-state index contributed by atoms with van der Waals surface area (Å²) in [7, 11) is -3.52. The van der Waals surface area contributed by atoms with Crippen molar-refractivity contribution in [2.75, 3.05) is 26.2 Å². The molecule has 8 heteroatoms. The molecule has 1 aliphatic heterocycles. The number of nitrogens with one attached hydrogen (secondary N) is 1. The van der Waals surface area contributed by atoms with Crippen LogP contribution in [-0.4, -0.2) is 61.8 Å². The maximum absolute atomic E-state index is 12.8. The van der Waals surface area contributed by atoms with Crippen LogP contribution < -0.4 is 5.32 Å². The third-order valence-corrected chi connectivity index (χ3v) is 7.77. The molecule has 27 heavy (non-hydrogen) atoms. The first-order valence-corrected chi connectivity index (χ1v) is 11.5. The van der Waals surface area contributed by atoms with Crippen LogP contribution in [0.2, 0.25) is 5.02 Å². The van der Waals surface area contributed by atoms with Crippen molar-refractivity contribution in [1.82, 2.24) is 14.5 Å². The first kappa shape index (κ1) is 20.6. The van der Waals surface area contributed by atoms with E-state index in [1.54, 1.807) is 12.1 Å². The number of hydrogen-bond donors (Lipinski definition) is 1. The predicted octanol–water partition coefficient (Wildman–Crippen LogP) is 2.48. The third-order valence-electron chi connectivity index (χ3n) is 5.60. The monoisotopic (exact) mass is 413 g/mol. The summed E-state index contributed by atoms with van der Waals surface area (Å²) in [5, 5.41) is 3.67. The van der Waals surface area contributed by atoms with Gasteiger partial charge in [-0.25, -0.2) is 8.42 Å². The Morgan fingerprint density at radius 3 is 2.26 bits per heavy atom. The molecule has 0 spiro atoms. The molecule has 2 aliphatic rings. The lowest BCUT2D eigenvalue weighted by Crippen LogP contribution is -2.55. The summed E-state index contributed by atoms with van der Waals surface area (Å²) in [6, 6.07) is 6.28. The number of piperazine rings is 1. The zero-order valence-electron chi connectivity index (χ0n) is 15.7. The molecule has 1 heterocycles. The van der Waals surface area contributed by atoms with Gasteiger partial charge in [-0.1, -0.05) is 30.9 Å². The van der Waals surface area contributed by atoms with E-state index in [-0.39, 0.29) is 16.8 Å². The summed E-state index contributed by atoms with van der Waals surface area (Å²) in [6.07, 6.45) is 5.74. The second-order valence-electron chi connectivity index (χ2n) is 7.41. The fraction of sp³-hybridized carbons (Fsp3) is 0.632. The summed E-state index contributed by atoms with van der Waals surface area (Å²) in [6.45, 7) is 3.76. The minimum Gasteiger partial charge on any atom is -0.352 e. The Kier molecular flexibility index (Phi) is 6.78. The first-order chi connectivity index (χ1) is 12.9. The highest BCUT2D eigenvalue weighted by molar-refractivity contribution is 7.89. The largest absolute Gasteiger partial charge is 0.352 e. The van der Waals surface area contributed by atoms with Crippen LogP contribution in [0.15, 0.2) is 29.2 Å². The van der Waals surface area contributed by atoms with Crippen molar-refractivity contribution < 1.29 is 13.2 Å². The predicted molar refractivity (Wildman–Crippen MR) is 106 cm³/mol. The van der Waals surface area contributed by atoms with E-state index >= 15 is 0 Å². The number of nitrogens with zero attached hydrogens (tertiary/aromatic N) is 2. The molecule has 1 amide bonds. The second-order valence-corrected chi connectivity index (χ2v) is 9.79. The van der Waals surface area contributed by atoms with Crippen molar-refractivity contribution in [2.45, 2.75) is 56.0 Å². The molecular weight excluding hydrogens is 386 g/mol. The highest BCUT2D eigenvalue weighted by Gasteiger charge is 2.32. The standard InChI is InChI=1S/C19H28ClN3O3S/c1-15(19(24)21-17-5-3-2-4-6-17)22-11-13-23(14-12-22)27(25,26)18-9-7-16(20)8-10-18/h7-10,15,17H,2-6,11-14H2,1H3,(H,21,24)/t15-/m0/s1. The van der Waals surface area contributed by atoms with Crippen molar-refractivity contribution in [2.24, 2.45) is 0 Å². The van der Waals surface area contributed by atoms with E-state index in [0.29, 0.717) is 37.2 Å². The molecule has 1 atom stereocenters. The highest BCUT2D eigenvalue weighted by Crippen LogP contribution is 2.21. The number of hydrogen-bond acceptors (Lipinski definition) is 4. The van der Waals surface area contributed by atoms with Crippen LogP contribution in [0.4, 0.5) is 0 Å². The van der Waals surface area contributed by atoms with Gasteiger partial charge in [-0.05, 0) is 44.0 Å². The van der Waals surface area contributed by atoms with Gasteiger partial charge < -0.3 is 5.32 Å². The smallest absolute Gasteiger partial charge is 0.243 e. The van der Waals surface area contributed by atoms with E-state index in [1.165, 1.54) is 35.7 Å². The lowest BCUT2D eigenvalue weighted by Gasteiger charge is -2.37. The molecule has 1 aromatic carbocycles. The number of carbonyl (C=O) groups excluding carboxylic acids is 1. The van der Waals surface area contributed by atoms with Crippen LogP contribution in [0.3, 0.4) is 0 Å². The van der Waals surface area contributed by atoms with Crippen molar-refractivity contribution in [3.63, 3.8) is 0 Å². The van der Waals surface area contributed by atoms with Crippen molar-refractivity contribution >= 4 is 27.5 Å². The maximum Gasteiger partial charge on any atom is 0.243 e. The SMILES string of the molecule is C[C@@H](C(=O)NC1CCCCC1)N1CCN(S(=O)(=O)c2ccc(Cl)cc2)CC1. The molecule has 150 valence electrons. The Bertz CT molecular complexity index is 740. The normalized spacial score (nSPS) is 21.7. The molecule has 6 nitrogen and oxygen atoms in total. The van der Waals surface area contributed by atoms with Gasteiger partial charge in [0.2, 0.25) is 15.9 Å². The van der Waals surface area contributed by atoms with Gasteiger partial charge in [0.05, 0.1) is 10.9 Å². The van der Waals surface area contributed by atoms with E-state index in [4.69, 9.17) is 11.6 Å². The summed E-state index contributed by atoms with van der Waals surface area (Å²) in [4.78, 5) is 14.9. The minimum absolute atomic E-state index is 0.0518. The molecule has 3 rings (SSSR count). The lowest BCUT2D eigenvalue weighted by atomic mass is 9.95. The zero-order valence-corrected chi connectivity index (χ0v) is 17.3. The van der Waals surface area contributed by atoms with Crippen LogP contribution in [0.1, 0.15) is 39.0 Å². The van der Waals surface area contributed by atoms with E-state index in [1.807, 2.05) is 6.92 Å². The quantitative estimate of drug-likeness (QED) is 0.805. The summed E-state index contributed by atoms with van der Waals surface area (Å²) in [5.74, 6) is 0.0518. The Hall–Kier alpha value is -1.15. The van der Waals surface area contributed by atoms with Gasteiger partial charge in [0.25, 0.3) is 0 Å². The van der Waals surface area contributed by atoms with Gasteiger partial charge in [-0.15, -0.1) is 0 Å². The molecule has 1 saturated heterocycles. The number of sulfonamides is 1. The van der Waals surface area contributed by atoms with Crippen molar-refractivity contribution in [3.8, 4) is 0 Å². The van der Waals surface area contributed by atoms with Crippen molar-refractivity contribution in [1.29, 1.82) is 0 Å². The minimum atomic E-state index is -3.52. The molecule has 1 aromatic rings.